The zero-order chi connectivity index (χ0) is 25.0. The second-order valence-corrected chi connectivity index (χ2v) is 8.87. The van der Waals surface area contributed by atoms with E-state index in [-0.39, 0.29) is 18.2 Å². The first kappa shape index (κ1) is 24.3. The van der Waals surface area contributed by atoms with Gasteiger partial charge in [0.05, 0.1) is 12.3 Å². The molecule has 0 saturated heterocycles. The van der Waals surface area contributed by atoms with E-state index in [2.05, 4.69) is 61.8 Å². The van der Waals surface area contributed by atoms with Crippen molar-refractivity contribution in [1.82, 2.24) is 30.6 Å². The van der Waals surface area contributed by atoms with Gasteiger partial charge in [-0.2, -0.15) is 5.21 Å². The molecular formula is C26H30N6O3. The molecular weight excluding hydrogens is 444 g/mol. The fourth-order valence-corrected chi connectivity index (χ4v) is 4.20. The van der Waals surface area contributed by atoms with Crippen molar-refractivity contribution >= 4 is 5.97 Å². The van der Waals surface area contributed by atoms with Crippen LogP contribution in [0, 0.1) is 0 Å². The highest BCUT2D eigenvalue weighted by molar-refractivity contribution is 5.89. The van der Waals surface area contributed by atoms with Crippen LogP contribution in [0.1, 0.15) is 74.0 Å². The van der Waals surface area contributed by atoms with Crippen LogP contribution in [0.4, 0.5) is 0 Å². The summed E-state index contributed by atoms with van der Waals surface area (Å²) in [6.45, 7) is 7.33. The van der Waals surface area contributed by atoms with Crippen LogP contribution in [0.3, 0.4) is 0 Å². The fourth-order valence-electron chi connectivity index (χ4n) is 4.20. The molecule has 1 unspecified atom stereocenters. The monoisotopic (exact) mass is 474 g/mol. The Bertz CT molecular complexity index is 1270. The third kappa shape index (κ3) is 5.14. The summed E-state index contributed by atoms with van der Waals surface area (Å²) in [6.07, 6.45) is 1.74. The van der Waals surface area contributed by atoms with Gasteiger partial charge in [-0.25, -0.2) is 9.78 Å². The number of nitrogens with zero attached hydrogens (tertiary/aromatic N) is 4. The predicted octanol–water partition coefficient (Wildman–Crippen LogP) is 4.59. The van der Waals surface area contributed by atoms with E-state index in [1.807, 2.05) is 24.3 Å². The van der Waals surface area contributed by atoms with Crippen molar-refractivity contribution in [1.29, 1.82) is 0 Å². The summed E-state index contributed by atoms with van der Waals surface area (Å²) in [5.74, 6) is 0.545. The lowest BCUT2D eigenvalue weighted by atomic mass is 9.91. The molecule has 0 bridgehead atoms. The zero-order valence-electron chi connectivity index (χ0n) is 20.4. The Labute approximate surface area is 204 Å². The Kier molecular flexibility index (Phi) is 7.07. The molecule has 0 amide bonds. The SMILES string of the molecule is CCCC(c1ccc(-c2ccccc2-c2nn[nH]n2)cc1)c1nc(C(=O)OCC)c(C(C)(C)O)[nH]1. The maximum absolute atomic E-state index is 12.5. The lowest BCUT2D eigenvalue weighted by Crippen LogP contribution is -2.21. The van der Waals surface area contributed by atoms with Crippen molar-refractivity contribution in [2.24, 2.45) is 0 Å². The molecule has 0 aliphatic carbocycles. The van der Waals surface area contributed by atoms with E-state index in [1.165, 1.54) is 0 Å². The zero-order valence-corrected chi connectivity index (χ0v) is 20.4. The second kappa shape index (κ2) is 10.2. The van der Waals surface area contributed by atoms with Crippen LogP contribution in [0.15, 0.2) is 48.5 Å². The molecule has 2 heterocycles. The van der Waals surface area contributed by atoms with Crippen LogP contribution in [0.2, 0.25) is 0 Å². The standard InChI is InChI=1S/C26H30N6O3/c1-5-9-19(23-27-21(25(33)35-6-2)22(28-23)26(3,4)34)17-14-12-16(13-15-17)18-10-7-8-11-20(18)24-29-31-32-30-24/h7-8,10-15,19,34H,5-6,9H2,1-4H3,(H,27,28)(H,29,30,31,32). The molecule has 2 aromatic heterocycles. The van der Waals surface area contributed by atoms with Crippen molar-refractivity contribution in [3.63, 3.8) is 0 Å². The number of H-pyrrole nitrogens is 2. The van der Waals surface area contributed by atoms with Crippen LogP contribution in [0.5, 0.6) is 0 Å². The molecule has 9 nitrogen and oxygen atoms in total. The van der Waals surface area contributed by atoms with Gasteiger partial charge in [0.1, 0.15) is 11.4 Å². The average Bonchev–Trinajstić information content (AvgIpc) is 3.53. The minimum absolute atomic E-state index is 0.0780. The van der Waals surface area contributed by atoms with Crippen LogP contribution < -0.4 is 0 Å². The lowest BCUT2D eigenvalue weighted by Gasteiger charge is -2.17. The number of hydrogen-bond donors (Lipinski definition) is 3. The van der Waals surface area contributed by atoms with Gasteiger partial charge < -0.3 is 14.8 Å². The Morgan fingerprint density at radius 3 is 2.40 bits per heavy atom. The number of aromatic amines is 2. The van der Waals surface area contributed by atoms with Crippen LogP contribution >= 0.6 is 0 Å². The number of carbonyl (C=O) groups excluding carboxylic acids is 1. The summed E-state index contributed by atoms with van der Waals surface area (Å²) in [7, 11) is 0. The number of benzene rings is 2. The molecule has 1 atom stereocenters. The van der Waals surface area contributed by atoms with Gasteiger partial charge in [0.25, 0.3) is 0 Å². The van der Waals surface area contributed by atoms with Crippen LogP contribution in [-0.2, 0) is 10.3 Å². The summed E-state index contributed by atoms with van der Waals surface area (Å²) >= 11 is 0. The van der Waals surface area contributed by atoms with E-state index in [4.69, 9.17) is 4.74 Å². The Balaban J connectivity index is 1.71. The lowest BCUT2D eigenvalue weighted by molar-refractivity contribution is 0.0476. The first-order valence-corrected chi connectivity index (χ1v) is 11.8. The number of carbonyl (C=O) groups is 1. The van der Waals surface area contributed by atoms with Crippen molar-refractivity contribution < 1.29 is 14.6 Å². The quantitative estimate of drug-likeness (QED) is 0.302. The van der Waals surface area contributed by atoms with Gasteiger partial charge in [-0.3, -0.25) is 0 Å². The summed E-state index contributed by atoms with van der Waals surface area (Å²) < 4.78 is 5.18. The van der Waals surface area contributed by atoms with Crippen LogP contribution in [-0.4, -0.2) is 48.3 Å². The molecule has 9 heteroatoms. The largest absolute Gasteiger partial charge is 0.461 e. The molecule has 2 aromatic carbocycles. The van der Waals surface area contributed by atoms with E-state index in [0.717, 1.165) is 35.1 Å². The molecule has 4 aromatic rings. The van der Waals surface area contributed by atoms with Crippen LogP contribution in [0.25, 0.3) is 22.5 Å². The molecule has 4 rings (SSSR count). The molecule has 0 fully saturated rings. The third-order valence-corrected chi connectivity index (χ3v) is 5.85. The minimum Gasteiger partial charge on any atom is -0.461 e. The molecule has 0 spiro atoms. The highest BCUT2D eigenvalue weighted by Crippen LogP contribution is 2.34. The van der Waals surface area contributed by atoms with Crippen molar-refractivity contribution in [2.45, 2.75) is 52.1 Å². The number of rotatable bonds is 9. The third-order valence-electron chi connectivity index (χ3n) is 5.85. The normalized spacial score (nSPS) is 12.5. The minimum atomic E-state index is -1.27. The molecule has 0 radical (unpaired) electrons. The number of aromatic nitrogens is 6. The summed E-state index contributed by atoms with van der Waals surface area (Å²) in [6, 6.07) is 16.2. The topological polar surface area (TPSA) is 130 Å². The fraction of sp³-hybridized carbons (Fsp3) is 0.346. The number of tetrazole rings is 1. The number of hydrogen-bond acceptors (Lipinski definition) is 7. The molecule has 0 aliphatic heterocycles. The van der Waals surface area contributed by atoms with E-state index >= 15 is 0 Å². The Morgan fingerprint density at radius 2 is 1.80 bits per heavy atom. The number of ether oxygens (including phenoxy) is 1. The number of nitrogens with one attached hydrogen (secondary N) is 2. The average molecular weight is 475 g/mol. The summed E-state index contributed by atoms with van der Waals surface area (Å²) in [5, 5.41) is 25.1. The van der Waals surface area contributed by atoms with E-state index < -0.39 is 11.6 Å². The van der Waals surface area contributed by atoms with Crippen molar-refractivity contribution in [3.05, 3.63) is 71.3 Å². The number of aliphatic hydroxyl groups is 1. The number of esters is 1. The molecule has 0 saturated carbocycles. The van der Waals surface area contributed by atoms with Gasteiger partial charge in [-0.05, 0) is 49.1 Å². The van der Waals surface area contributed by atoms with Gasteiger partial charge in [0.2, 0.25) is 5.82 Å². The second-order valence-electron chi connectivity index (χ2n) is 8.87. The first-order valence-electron chi connectivity index (χ1n) is 11.8. The summed E-state index contributed by atoms with van der Waals surface area (Å²) in [4.78, 5) is 20.4. The van der Waals surface area contributed by atoms with Gasteiger partial charge in [-0.15, -0.1) is 10.2 Å². The van der Waals surface area contributed by atoms with E-state index in [1.54, 1.807) is 20.8 Å². The molecule has 3 N–H and O–H groups in total. The van der Waals surface area contributed by atoms with Crippen molar-refractivity contribution in [3.8, 4) is 22.5 Å². The maximum Gasteiger partial charge on any atom is 0.358 e. The predicted molar refractivity (Wildman–Crippen MR) is 132 cm³/mol. The maximum atomic E-state index is 12.5. The Morgan fingerprint density at radius 1 is 1.09 bits per heavy atom. The van der Waals surface area contributed by atoms with Gasteiger partial charge in [-0.1, -0.05) is 61.9 Å². The number of imidazole rings is 1. The highest BCUT2D eigenvalue weighted by atomic mass is 16.5. The Hall–Kier alpha value is -3.85. The van der Waals surface area contributed by atoms with E-state index in [0.29, 0.717) is 17.3 Å². The summed E-state index contributed by atoms with van der Waals surface area (Å²) in [5.41, 5.74) is 3.18. The molecule has 182 valence electrons. The van der Waals surface area contributed by atoms with Crippen molar-refractivity contribution in [2.75, 3.05) is 6.61 Å². The first-order chi connectivity index (χ1) is 16.8. The van der Waals surface area contributed by atoms with Gasteiger partial charge >= 0.3 is 5.97 Å². The smallest absolute Gasteiger partial charge is 0.358 e. The molecule has 35 heavy (non-hydrogen) atoms. The van der Waals surface area contributed by atoms with Gasteiger partial charge in [0, 0.05) is 11.5 Å². The highest BCUT2D eigenvalue weighted by Gasteiger charge is 2.31. The molecule has 0 aliphatic rings. The van der Waals surface area contributed by atoms with E-state index in [9.17, 15) is 9.90 Å². The van der Waals surface area contributed by atoms with Gasteiger partial charge in [0.15, 0.2) is 5.69 Å².